The lowest BCUT2D eigenvalue weighted by atomic mass is 10.1. The first-order valence-electron chi connectivity index (χ1n) is 8.13. The number of hydrogen-bond donors (Lipinski definition) is 0. The van der Waals surface area contributed by atoms with Gasteiger partial charge < -0.3 is 9.25 Å². The summed E-state index contributed by atoms with van der Waals surface area (Å²) in [7, 11) is 0. The summed E-state index contributed by atoms with van der Waals surface area (Å²) in [5.74, 6) is 0.326. The predicted octanol–water partition coefficient (Wildman–Crippen LogP) is 3.53. The van der Waals surface area contributed by atoms with Crippen LogP contribution in [0.1, 0.15) is 11.1 Å². The van der Waals surface area contributed by atoms with Crippen LogP contribution >= 0.6 is 11.8 Å². The minimum atomic E-state index is -0.464. The zero-order valence-corrected chi connectivity index (χ0v) is 15.1. The second-order valence-corrected chi connectivity index (χ2v) is 6.71. The minimum Gasteiger partial charge on any atom is -0.411 e. The molecule has 0 amide bonds. The van der Waals surface area contributed by atoms with Gasteiger partial charge in [0.25, 0.3) is 5.22 Å². The number of benzene rings is 1. The van der Waals surface area contributed by atoms with Crippen LogP contribution < -0.4 is 0 Å². The van der Waals surface area contributed by atoms with Crippen molar-refractivity contribution in [3.8, 4) is 11.5 Å². The first-order valence-corrected chi connectivity index (χ1v) is 9.11. The van der Waals surface area contributed by atoms with E-state index in [1.807, 2.05) is 31.2 Å². The highest BCUT2D eigenvalue weighted by Crippen LogP contribution is 2.25. The molecule has 0 N–H and O–H groups in total. The molecule has 134 valence electrons. The molecular formula is C19H14N4O3S. The number of aromatic nitrogens is 3. The molecule has 1 aromatic carbocycles. The molecule has 0 spiro atoms. The third-order valence-corrected chi connectivity index (χ3v) is 4.65. The number of carbonyl (C=O) groups excluding carboxylic acids is 1. The van der Waals surface area contributed by atoms with Gasteiger partial charge in [-0.3, -0.25) is 4.98 Å². The van der Waals surface area contributed by atoms with Crippen LogP contribution in [0.3, 0.4) is 0 Å². The molecule has 0 fully saturated rings. The molecule has 2 aromatic heterocycles. The summed E-state index contributed by atoms with van der Waals surface area (Å²) in [6.07, 6.45) is 5.08. The Hall–Kier alpha value is -3.26. The zero-order valence-electron chi connectivity index (χ0n) is 14.3. The second kappa shape index (κ2) is 7.55. The Bertz CT molecular complexity index is 1030. The van der Waals surface area contributed by atoms with E-state index in [0.29, 0.717) is 28.2 Å². The standard InChI is InChI=1S/C19H14N4O3S/c1-12-2-4-13(5-3-12)10-15-16(23-26-18(15)24)11-27-19-22-21-17(25-19)14-6-8-20-9-7-14/h2-10H,11H2,1H3. The van der Waals surface area contributed by atoms with Gasteiger partial charge in [0.15, 0.2) is 0 Å². The van der Waals surface area contributed by atoms with Crippen molar-refractivity contribution in [2.45, 2.75) is 12.1 Å². The van der Waals surface area contributed by atoms with Crippen molar-refractivity contribution in [3.63, 3.8) is 0 Å². The van der Waals surface area contributed by atoms with E-state index in [0.717, 1.165) is 16.7 Å². The average Bonchev–Trinajstić information content (AvgIpc) is 3.30. The topological polar surface area (TPSA) is 90.5 Å². The van der Waals surface area contributed by atoms with Crippen molar-refractivity contribution in [1.29, 1.82) is 0 Å². The highest BCUT2D eigenvalue weighted by molar-refractivity contribution is 7.99. The normalized spacial score (nSPS) is 15.1. The third-order valence-electron chi connectivity index (χ3n) is 3.82. The molecule has 1 aliphatic rings. The van der Waals surface area contributed by atoms with Gasteiger partial charge in [-0.05, 0) is 30.7 Å². The number of thioether (sulfide) groups is 1. The maximum Gasteiger partial charge on any atom is 0.367 e. The maximum atomic E-state index is 12.0. The van der Waals surface area contributed by atoms with Gasteiger partial charge in [-0.15, -0.1) is 10.2 Å². The predicted molar refractivity (Wildman–Crippen MR) is 101 cm³/mol. The molecule has 3 aromatic rings. The van der Waals surface area contributed by atoms with Crippen LogP contribution in [0.4, 0.5) is 0 Å². The number of rotatable bonds is 5. The summed E-state index contributed by atoms with van der Waals surface area (Å²) in [6.45, 7) is 2.01. The van der Waals surface area contributed by atoms with Crippen LogP contribution in [0.25, 0.3) is 17.5 Å². The molecule has 0 radical (unpaired) electrons. The molecular weight excluding hydrogens is 364 g/mol. The van der Waals surface area contributed by atoms with E-state index in [1.54, 1.807) is 30.6 Å². The smallest absolute Gasteiger partial charge is 0.367 e. The molecule has 0 aliphatic carbocycles. The maximum absolute atomic E-state index is 12.0. The molecule has 0 bridgehead atoms. The molecule has 3 heterocycles. The van der Waals surface area contributed by atoms with E-state index in [1.165, 1.54) is 11.8 Å². The van der Waals surface area contributed by atoms with Crippen molar-refractivity contribution >= 4 is 29.5 Å². The van der Waals surface area contributed by atoms with Gasteiger partial charge in [0.05, 0.1) is 5.57 Å². The Labute approximate surface area is 159 Å². The second-order valence-electron chi connectivity index (χ2n) is 5.78. The molecule has 8 heteroatoms. The Morgan fingerprint density at radius 1 is 1.07 bits per heavy atom. The van der Waals surface area contributed by atoms with E-state index in [9.17, 15) is 4.79 Å². The molecule has 0 saturated carbocycles. The van der Waals surface area contributed by atoms with Gasteiger partial charge in [0, 0.05) is 23.7 Å². The van der Waals surface area contributed by atoms with Gasteiger partial charge in [0.2, 0.25) is 5.89 Å². The van der Waals surface area contributed by atoms with Crippen molar-refractivity contribution in [2.24, 2.45) is 5.16 Å². The molecule has 0 unspecified atom stereocenters. The van der Waals surface area contributed by atoms with Gasteiger partial charge >= 0.3 is 5.97 Å². The summed E-state index contributed by atoms with van der Waals surface area (Å²) < 4.78 is 5.64. The van der Waals surface area contributed by atoms with Crippen molar-refractivity contribution in [2.75, 3.05) is 5.75 Å². The minimum absolute atomic E-state index is 0.376. The third kappa shape index (κ3) is 3.95. The number of oxime groups is 1. The summed E-state index contributed by atoms with van der Waals surface area (Å²) in [5.41, 5.74) is 3.82. The number of carbonyl (C=O) groups is 1. The van der Waals surface area contributed by atoms with Crippen molar-refractivity contribution in [1.82, 2.24) is 15.2 Å². The van der Waals surface area contributed by atoms with Crippen LogP contribution in [-0.4, -0.2) is 32.6 Å². The van der Waals surface area contributed by atoms with E-state index < -0.39 is 5.97 Å². The summed E-state index contributed by atoms with van der Waals surface area (Å²) in [4.78, 5) is 20.8. The fraction of sp³-hybridized carbons (Fsp3) is 0.105. The van der Waals surface area contributed by atoms with Gasteiger partial charge in [-0.2, -0.15) is 0 Å². The molecule has 7 nitrogen and oxygen atoms in total. The monoisotopic (exact) mass is 378 g/mol. The highest BCUT2D eigenvalue weighted by atomic mass is 32.2. The highest BCUT2D eigenvalue weighted by Gasteiger charge is 2.26. The van der Waals surface area contributed by atoms with Crippen molar-refractivity contribution in [3.05, 3.63) is 65.5 Å². The van der Waals surface area contributed by atoms with Crippen molar-refractivity contribution < 1.29 is 14.0 Å². The molecule has 0 atom stereocenters. The molecule has 0 saturated heterocycles. The van der Waals surface area contributed by atoms with E-state index in [-0.39, 0.29) is 0 Å². The van der Waals surface area contributed by atoms with E-state index in [4.69, 9.17) is 9.25 Å². The van der Waals surface area contributed by atoms with Crippen LogP contribution in [0.2, 0.25) is 0 Å². The lowest BCUT2D eigenvalue weighted by Crippen LogP contribution is -2.07. The van der Waals surface area contributed by atoms with Crippen LogP contribution in [0, 0.1) is 6.92 Å². The fourth-order valence-corrected chi connectivity index (χ4v) is 3.10. The fourth-order valence-electron chi connectivity index (χ4n) is 2.40. The van der Waals surface area contributed by atoms with Gasteiger partial charge in [-0.25, -0.2) is 4.79 Å². The zero-order chi connectivity index (χ0) is 18.6. The first-order chi connectivity index (χ1) is 13.2. The largest absolute Gasteiger partial charge is 0.411 e. The van der Waals surface area contributed by atoms with Crippen LogP contribution in [0.5, 0.6) is 0 Å². The number of pyridine rings is 1. The number of hydrogen-bond acceptors (Lipinski definition) is 8. The lowest BCUT2D eigenvalue weighted by molar-refractivity contribution is -0.136. The lowest BCUT2D eigenvalue weighted by Gasteiger charge is -1.99. The summed E-state index contributed by atoms with van der Waals surface area (Å²) in [5, 5.41) is 12.3. The average molecular weight is 378 g/mol. The number of aryl methyl sites for hydroxylation is 1. The molecule has 1 aliphatic heterocycles. The first kappa shape index (κ1) is 17.2. The summed E-state index contributed by atoms with van der Waals surface area (Å²) >= 11 is 1.29. The SMILES string of the molecule is Cc1ccc(C=C2C(=O)ON=C2CSc2nnc(-c3ccncc3)o2)cc1. The Morgan fingerprint density at radius 2 is 1.85 bits per heavy atom. The van der Waals surface area contributed by atoms with Gasteiger partial charge in [0.1, 0.15) is 5.71 Å². The van der Waals surface area contributed by atoms with E-state index >= 15 is 0 Å². The number of nitrogens with zero attached hydrogens (tertiary/aromatic N) is 4. The molecule has 4 rings (SSSR count). The Kier molecular flexibility index (Phi) is 4.80. The van der Waals surface area contributed by atoms with Crippen LogP contribution in [0.15, 0.2) is 69.2 Å². The van der Waals surface area contributed by atoms with Crippen LogP contribution in [-0.2, 0) is 9.63 Å². The Balaban J connectivity index is 1.47. The van der Waals surface area contributed by atoms with E-state index in [2.05, 4.69) is 20.3 Å². The quantitative estimate of drug-likeness (QED) is 0.381. The molecule has 27 heavy (non-hydrogen) atoms. The van der Waals surface area contributed by atoms with Gasteiger partial charge in [-0.1, -0.05) is 46.7 Å². The Morgan fingerprint density at radius 3 is 2.63 bits per heavy atom. The summed E-state index contributed by atoms with van der Waals surface area (Å²) in [6, 6.07) is 11.4.